The SMILES string of the molecule is COC(=O)C1=C(Nc2ccc(C(=O)OC)cc2OC)C(=O)N(CCO)C1. The Morgan fingerprint density at radius 2 is 1.88 bits per heavy atom. The van der Waals surface area contributed by atoms with Gasteiger partial charge in [0.25, 0.3) is 5.91 Å². The minimum absolute atomic E-state index is 0.0248. The van der Waals surface area contributed by atoms with Gasteiger partial charge < -0.3 is 29.5 Å². The van der Waals surface area contributed by atoms with E-state index in [0.717, 1.165) is 0 Å². The van der Waals surface area contributed by atoms with Crippen LogP contribution in [0.25, 0.3) is 0 Å². The first kappa shape index (κ1) is 19.3. The molecule has 1 aromatic rings. The van der Waals surface area contributed by atoms with E-state index in [0.29, 0.717) is 5.69 Å². The molecule has 0 saturated carbocycles. The van der Waals surface area contributed by atoms with Gasteiger partial charge in [-0.1, -0.05) is 0 Å². The number of hydrogen-bond acceptors (Lipinski definition) is 8. The highest BCUT2D eigenvalue weighted by atomic mass is 16.5. The zero-order chi connectivity index (χ0) is 19.3. The predicted molar refractivity (Wildman–Crippen MR) is 90.7 cm³/mol. The minimum Gasteiger partial charge on any atom is -0.495 e. The van der Waals surface area contributed by atoms with Crippen LogP contribution in [0.5, 0.6) is 5.75 Å². The lowest BCUT2D eigenvalue weighted by atomic mass is 10.1. The molecule has 1 aromatic carbocycles. The fraction of sp³-hybridized carbons (Fsp3) is 0.353. The summed E-state index contributed by atoms with van der Waals surface area (Å²) in [4.78, 5) is 37.5. The number of carbonyl (C=O) groups is 3. The third-order valence-electron chi connectivity index (χ3n) is 3.84. The minimum atomic E-state index is -0.647. The molecule has 0 atom stereocenters. The van der Waals surface area contributed by atoms with E-state index in [-0.39, 0.29) is 42.3 Å². The third kappa shape index (κ3) is 3.77. The molecule has 9 heteroatoms. The maximum Gasteiger partial charge on any atom is 0.337 e. The highest BCUT2D eigenvalue weighted by Gasteiger charge is 2.34. The number of β-amino-alcohol motifs (C(OH)–C–C–N with tert-alkyl or cyclic N) is 1. The van der Waals surface area contributed by atoms with Crippen LogP contribution in [0.1, 0.15) is 10.4 Å². The van der Waals surface area contributed by atoms with Crippen molar-refractivity contribution in [3.63, 3.8) is 0 Å². The summed E-state index contributed by atoms with van der Waals surface area (Å²) in [6, 6.07) is 4.49. The van der Waals surface area contributed by atoms with Crippen LogP contribution in [0, 0.1) is 0 Å². The summed E-state index contributed by atoms with van der Waals surface area (Å²) in [7, 11) is 3.89. The Balaban J connectivity index is 2.38. The number of nitrogens with zero attached hydrogens (tertiary/aromatic N) is 1. The summed E-state index contributed by atoms with van der Waals surface area (Å²) >= 11 is 0. The van der Waals surface area contributed by atoms with Crippen molar-refractivity contribution in [2.24, 2.45) is 0 Å². The van der Waals surface area contributed by atoms with E-state index in [1.165, 1.54) is 44.4 Å². The third-order valence-corrected chi connectivity index (χ3v) is 3.84. The standard InChI is InChI=1S/C17H20N2O7/c1-24-13-8-10(16(22)25-2)4-5-12(13)18-14-11(17(23)26-3)9-19(6-7-20)15(14)21/h4-5,8,18,20H,6-7,9H2,1-3H3. The summed E-state index contributed by atoms with van der Waals surface area (Å²) < 4.78 is 14.6. The fourth-order valence-electron chi connectivity index (χ4n) is 2.52. The number of carbonyl (C=O) groups excluding carboxylic acids is 3. The number of aliphatic hydroxyl groups is 1. The number of benzene rings is 1. The van der Waals surface area contributed by atoms with Crippen LogP contribution in [0.3, 0.4) is 0 Å². The molecule has 0 unspecified atom stereocenters. The molecule has 1 aliphatic heterocycles. The number of hydrogen-bond donors (Lipinski definition) is 2. The molecule has 0 aliphatic carbocycles. The molecule has 0 fully saturated rings. The Morgan fingerprint density at radius 3 is 2.46 bits per heavy atom. The van der Waals surface area contributed by atoms with Gasteiger partial charge >= 0.3 is 11.9 Å². The van der Waals surface area contributed by atoms with E-state index >= 15 is 0 Å². The molecule has 0 bridgehead atoms. The lowest BCUT2D eigenvalue weighted by Crippen LogP contribution is -2.31. The Labute approximate surface area is 150 Å². The van der Waals surface area contributed by atoms with Gasteiger partial charge in [0.2, 0.25) is 0 Å². The van der Waals surface area contributed by atoms with Crippen LogP contribution in [-0.2, 0) is 19.1 Å². The van der Waals surface area contributed by atoms with Crippen molar-refractivity contribution in [1.29, 1.82) is 0 Å². The molecule has 0 spiro atoms. The van der Waals surface area contributed by atoms with Crippen LogP contribution in [0.4, 0.5) is 5.69 Å². The van der Waals surface area contributed by atoms with E-state index in [1.54, 1.807) is 0 Å². The average molecular weight is 364 g/mol. The predicted octanol–water partition coefficient (Wildman–Crippen LogP) is 0.155. The second-order valence-electron chi connectivity index (χ2n) is 5.33. The van der Waals surface area contributed by atoms with E-state index in [1.807, 2.05) is 0 Å². The zero-order valence-corrected chi connectivity index (χ0v) is 14.7. The summed E-state index contributed by atoms with van der Waals surface area (Å²) in [5.41, 5.74) is 0.840. The van der Waals surface area contributed by atoms with Crippen LogP contribution in [-0.4, -0.2) is 68.9 Å². The van der Waals surface area contributed by atoms with Gasteiger partial charge in [0, 0.05) is 6.54 Å². The molecule has 2 rings (SSSR count). The molecule has 2 N–H and O–H groups in total. The van der Waals surface area contributed by atoms with Crippen LogP contribution >= 0.6 is 0 Å². The number of anilines is 1. The summed E-state index contributed by atoms with van der Waals surface area (Å²) in [6.07, 6.45) is 0. The first-order chi connectivity index (χ1) is 12.5. The number of esters is 2. The number of aliphatic hydroxyl groups excluding tert-OH is 1. The largest absolute Gasteiger partial charge is 0.495 e. The second kappa shape index (κ2) is 8.34. The van der Waals surface area contributed by atoms with Crippen molar-refractivity contribution < 1.29 is 33.7 Å². The Kier molecular flexibility index (Phi) is 6.18. The normalized spacial score (nSPS) is 13.7. The van der Waals surface area contributed by atoms with Gasteiger partial charge in [0.05, 0.1) is 51.3 Å². The monoisotopic (exact) mass is 364 g/mol. The van der Waals surface area contributed by atoms with E-state index in [9.17, 15) is 14.4 Å². The first-order valence-corrected chi connectivity index (χ1v) is 7.71. The summed E-state index contributed by atoms with van der Waals surface area (Å²) in [6.45, 7) is -0.121. The van der Waals surface area contributed by atoms with Crippen molar-refractivity contribution in [1.82, 2.24) is 4.90 Å². The van der Waals surface area contributed by atoms with E-state index in [2.05, 4.69) is 10.1 Å². The van der Waals surface area contributed by atoms with E-state index in [4.69, 9.17) is 14.6 Å². The fourth-order valence-corrected chi connectivity index (χ4v) is 2.52. The molecule has 0 radical (unpaired) electrons. The first-order valence-electron chi connectivity index (χ1n) is 7.71. The van der Waals surface area contributed by atoms with Gasteiger partial charge in [0.15, 0.2) is 0 Å². The number of nitrogens with one attached hydrogen (secondary N) is 1. The Morgan fingerprint density at radius 1 is 1.19 bits per heavy atom. The number of methoxy groups -OCH3 is 3. The number of amides is 1. The number of rotatable bonds is 7. The van der Waals surface area contributed by atoms with Crippen LogP contribution < -0.4 is 10.1 Å². The maximum absolute atomic E-state index is 12.5. The maximum atomic E-state index is 12.5. The summed E-state index contributed by atoms with van der Waals surface area (Å²) in [5, 5.41) is 12.0. The van der Waals surface area contributed by atoms with Crippen molar-refractivity contribution in [2.75, 3.05) is 46.3 Å². The quantitative estimate of drug-likeness (QED) is 0.658. The smallest absolute Gasteiger partial charge is 0.337 e. The zero-order valence-electron chi connectivity index (χ0n) is 14.7. The molecule has 1 aliphatic rings. The molecule has 9 nitrogen and oxygen atoms in total. The molecular formula is C17H20N2O7. The molecule has 26 heavy (non-hydrogen) atoms. The second-order valence-corrected chi connectivity index (χ2v) is 5.33. The highest BCUT2D eigenvalue weighted by molar-refractivity contribution is 6.08. The Bertz CT molecular complexity index is 757. The van der Waals surface area contributed by atoms with Gasteiger partial charge in [0.1, 0.15) is 11.4 Å². The van der Waals surface area contributed by atoms with Crippen molar-refractivity contribution in [2.45, 2.75) is 0 Å². The van der Waals surface area contributed by atoms with Gasteiger partial charge in [-0.15, -0.1) is 0 Å². The molecule has 1 heterocycles. The average Bonchev–Trinajstić information content (AvgIpc) is 2.97. The highest BCUT2D eigenvalue weighted by Crippen LogP contribution is 2.30. The van der Waals surface area contributed by atoms with Crippen molar-refractivity contribution in [3.05, 3.63) is 35.0 Å². The molecular weight excluding hydrogens is 344 g/mol. The molecule has 1 amide bonds. The van der Waals surface area contributed by atoms with Gasteiger partial charge in [-0.05, 0) is 18.2 Å². The van der Waals surface area contributed by atoms with Gasteiger partial charge in [-0.2, -0.15) is 0 Å². The number of ether oxygens (including phenoxy) is 3. The lowest BCUT2D eigenvalue weighted by Gasteiger charge is -2.16. The molecule has 140 valence electrons. The van der Waals surface area contributed by atoms with Gasteiger partial charge in [-0.3, -0.25) is 4.79 Å². The van der Waals surface area contributed by atoms with E-state index < -0.39 is 17.8 Å². The lowest BCUT2D eigenvalue weighted by molar-refractivity contribution is -0.136. The molecule has 0 saturated heterocycles. The molecule has 0 aromatic heterocycles. The van der Waals surface area contributed by atoms with Gasteiger partial charge in [-0.25, -0.2) is 9.59 Å². The Hall–Kier alpha value is -3.07. The van der Waals surface area contributed by atoms with Crippen molar-refractivity contribution in [3.8, 4) is 5.75 Å². The topological polar surface area (TPSA) is 114 Å². The van der Waals surface area contributed by atoms with Crippen molar-refractivity contribution >= 4 is 23.5 Å². The summed E-state index contributed by atoms with van der Waals surface area (Å²) in [5.74, 6) is -1.33. The van der Waals surface area contributed by atoms with Crippen LogP contribution in [0.15, 0.2) is 29.5 Å². The van der Waals surface area contributed by atoms with Crippen LogP contribution in [0.2, 0.25) is 0 Å².